The average molecular weight is 442 g/mol. The van der Waals surface area contributed by atoms with E-state index in [-0.39, 0.29) is 36.7 Å². The number of aryl methyl sites for hydroxylation is 1. The van der Waals surface area contributed by atoms with Gasteiger partial charge >= 0.3 is 0 Å². The van der Waals surface area contributed by atoms with Crippen molar-refractivity contribution in [2.75, 3.05) is 11.9 Å². The van der Waals surface area contributed by atoms with E-state index in [2.05, 4.69) is 21.7 Å². The molecule has 162 valence electrons. The van der Waals surface area contributed by atoms with Gasteiger partial charge in [-0.05, 0) is 29.8 Å². The topological polar surface area (TPSA) is 130 Å². The number of aromatic nitrogens is 2. The minimum Gasteiger partial charge on any atom is -0.326 e. The van der Waals surface area contributed by atoms with E-state index in [1.54, 1.807) is 48.5 Å². The molecule has 0 saturated heterocycles. The number of aromatic amines is 1. The van der Waals surface area contributed by atoms with Gasteiger partial charge in [-0.25, -0.2) is 17.8 Å². The fraction of sp³-hybridized carbons (Fsp3) is 0.190. The smallest absolute Gasteiger partial charge is 0.273 e. The fourth-order valence-electron chi connectivity index (χ4n) is 2.98. The van der Waals surface area contributed by atoms with Crippen LogP contribution in [0.25, 0.3) is 10.8 Å². The molecule has 0 saturated carbocycles. The summed E-state index contributed by atoms with van der Waals surface area (Å²) in [5.74, 6) is -0.540. The van der Waals surface area contributed by atoms with Crippen molar-refractivity contribution in [3.8, 4) is 0 Å². The highest BCUT2D eigenvalue weighted by molar-refractivity contribution is 7.88. The van der Waals surface area contributed by atoms with Crippen LogP contribution in [0, 0.1) is 0 Å². The Kier molecular flexibility index (Phi) is 6.83. The number of nitrogens with one attached hydrogen (secondary N) is 3. The lowest BCUT2D eigenvalue weighted by atomic mass is 10.2. The maximum atomic E-state index is 12.5. The molecule has 0 aliphatic rings. The average Bonchev–Trinajstić information content (AvgIpc) is 2.75. The Labute approximate surface area is 178 Å². The Morgan fingerprint density at radius 3 is 2.42 bits per heavy atom. The molecule has 1 heterocycles. The van der Waals surface area contributed by atoms with Crippen molar-refractivity contribution in [2.45, 2.75) is 18.7 Å². The van der Waals surface area contributed by atoms with Crippen LogP contribution < -0.4 is 21.2 Å². The number of H-pyrrole nitrogens is 1. The molecule has 0 bridgehead atoms. The molecule has 3 N–H and O–H groups in total. The van der Waals surface area contributed by atoms with Gasteiger partial charge in [0, 0.05) is 18.7 Å². The van der Waals surface area contributed by atoms with Gasteiger partial charge in [-0.2, -0.15) is 0 Å². The monoisotopic (exact) mass is 442 g/mol. The molecule has 0 atom stereocenters. The number of carbonyl (C=O) groups is 1. The Balaban J connectivity index is 1.61. The summed E-state index contributed by atoms with van der Waals surface area (Å²) in [6, 6.07) is 12.9. The first-order chi connectivity index (χ1) is 14.8. The number of benzene rings is 2. The molecule has 0 aliphatic carbocycles. The van der Waals surface area contributed by atoms with Gasteiger partial charge in [-0.15, -0.1) is 6.58 Å². The van der Waals surface area contributed by atoms with Gasteiger partial charge in [-0.1, -0.05) is 30.3 Å². The number of sulfonamides is 1. The molecular formula is C21H22N4O5S. The predicted molar refractivity (Wildman–Crippen MR) is 119 cm³/mol. The van der Waals surface area contributed by atoms with E-state index < -0.39 is 15.6 Å². The minimum absolute atomic E-state index is 0.00996. The summed E-state index contributed by atoms with van der Waals surface area (Å²) in [7, 11) is -3.47. The zero-order valence-electron chi connectivity index (χ0n) is 16.6. The Hall–Kier alpha value is -3.50. The van der Waals surface area contributed by atoms with Crippen LogP contribution in [0.15, 0.2) is 70.8 Å². The maximum absolute atomic E-state index is 12.5. The van der Waals surface area contributed by atoms with Gasteiger partial charge in [0.2, 0.25) is 15.9 Å². The van der Waals surface area contributed by atoms with Crippen LogP contribution in [0.3, 0.4) is 0 Å². The number of amides is 1. The van der Waals surface area contributed by atoms with Crippen LogP contribution in [-0.4, -0.2) is 30.7 Å². The second-order valence-corrected chi connectivity index (χ2v) is 8.64. The van der Waals surface area contributed by atoms with Crippen molar-refractivity contribution in [3.05, 3.63) is 87.5 Å². The number of fused-ring (bicyclic) bond motifs is 1. The second-order valence-electron chi connectivity index (χ2n) is 6.83. The Morgan fingerprint density at radius 2 is 1.74 bits per heavy atom. The van der Waals surface area contributed by atoms with Crippen molar-refractivity contribution in [2.24, 2.45) is 0 Å². The molecule has 0 unspecified atom stereocenters. The normalized spacial score (nSPS) is 11.4. The van der Waals surface area contributed by atoms with E-state index in [1.165, 1.54) is 6.08 Å². The van der Waals surface area contributed by atoms with Gasteiger partial charge in [0.15, 0.2) is 0 Å². The van der Waals surface area contributed by atoms with Crippen LogP contribution >= 0.6 is 0 Å². The third-order valence-electron chi connectivity index (χ3n) is 4.49. The standard InChI is InChI=1S/C21H22N4O5S/c1-2-12-22-31(29,30)14-15-7-9-16(10-8-15)23-19(26)11-13-25-21(28)18-6-4-3-5-17(18)20(27)24-25/h2-10,22H,1,11-14H2,(H,23,26)(H,24,27). The van der Waals surface area contributed by atoms with E-state index in [0.29, 0.717) is 22.0 Å². The minimum atomic E-state index is -3.47. The van der Waals surface area contributed by atoms with E-state index in [9.17, 15) is 22.8 Å². The SMILES string of the molecule is C=CCNS(=O)(=O)Cc1ccc(NC(=O)CCn2[nH]c(=O)c3ccccc3c2=O)cc1. The molecule has 1 amide bonds. The summed E-state index contributed by atoms with van der Waals surface area (Å²) in [5, 5.41) is 5.76. The number of rotatable bonds is 9. The highest BCUT2D eigenvalue weighted by atomic mass is 32.2. The van der Waals surface area contributed by atoms with E-state index >= 15 is 0 Å². The summed E-state index contributed by atoms with van der Waals surface area (Å²) < 4.78 is 27.3. The van der Waals surface area contributed by atoms with Crippen LogP contribution in [0.1, 0.15) is 12.0 Å². The third-order valence-corrected chi connectivity index (χ3v) is 5.81. The third kappa shape index (κ3) is 5.77. The first kappa shape index (κ1) is 22.2. The van der Waals surface area contributed by atoms with Gasteiger partial charge in [-0.3, -0.25) is 19.5 Å². The van der Waals surface area contributed by atoms with E-state index in [1.807, 2.05) is 0 Å². The number of hydrogen-bond acceptors (Lipinski definition) is 5. The Morgan fingerprint density at radius 1 is 1.06 bits per heavy atom. The lowest BCUT2D eigenvalue weighted by Gasteiger charge is -2.09. The zero-order chi connectivity index (χ0) is 22.4. The largest absolute Gasteiger partial charge is 0.326 e. The summed E-state index contributed by atoms with van der Waals surface area (Å²) in [5.41, 5.74) is 0.279. The van der Waals surface area contributed by atoms with E-state index in [0.717, 1.165) is 4.68 Å². The van der Waals surface area contributed by atoms with Crippen LogP contribution in [0.5, 0.6) is 0 Å². The predicted octanol–water partition coefficient (Wildman–Crippen LogP) is 1.32. The molecule has 10 heteroatoms. The Bertz CT molecular complexity index is 1320. The molecule has 3 aromatic rings. The van der Waals surface area contributed by atoms with Crippen molar-refractivity contribution in [3.63, 3.8) is 0 Å². The van der Waals surface area contributed by atoms with Crippen molar-refractivity contribution in [1.82, 2.24) is 14.5 Å². The summed E-state index contributed by atoms with van der Waals surface area (Å²) in [6.07, 6.45) is 1.42. The molecule has 1 aromatic heterocycles. The summed E-state index contributed by atoms with van der Waals surface area (Å²) in [4.78, 5) is 36.8. The van der Waals surface area contributed by atoms with Gasteiger partial charge in [0.25, 0.3) is 11.1 Å². The quantitative estimate of drug-likeness (QED) is 0.430. The van der Waals surface area contributed by atoms with Crippen molar-refractivity contribution in [1.29, 1.82) is 0 Å². The number of nitrogens with zero attached hydrogens (tertiary/aromatic N) is 1. The van der Waals surface area contributed by atoms with Crippen LogP contribution in [0.4, 0.5) is 5.69 Å². The molecule has 0 radical (unpaired) electrons. The molecule has 0 aliphatic heterocycles. The number of anilines is 1. The zero-order valence-corrected chi connectivity index (χ0v) is 17.4. The highest BCUT2D eigenvalue weighted by Gasteiger charge is 2.11. The fourth-order valence-corrected chi connectivity index (χ4v) is 4.09. The lowest BCUT2D eigenvalue weighted by Crippen LogP contribution is -2.31. The van der Waals surface area contributed by atoms with E-state index in [4.69, 9.17) is 0 Å². The molecule has 2 aromatic carbocycles. The van der Waals surface area contributed by atoms with Gasteiger partial charge in [0.1, 0.15) is 0 Å². The molecule has 31 heavy (non-hydrogen) atoms. The molecule has 0 fully saturated rings. The molecular weight excluding hydrogens is 420 g/mol. The summed E-state index contributed by atoms with van der Waals surface area (Å²) >= 11 is 0. The number of hydrogen-bond donors (Lipinski definition) is 3. The maximum Gasteiger partial charge on any atom is 0.273 e. The van der Waals surface area contributed by atoms with Crippen LogP contribution in [-0.2, 0) is 27.1 Å². The van der Waals surface area contributed by atoms with Gasteiger partial charge < -0.3 is 5.32 Å². The second kappa shape index (κ2) is 9.54. The van der Waals surface area contributed by atoms with Crippen molar-refractivity contribution >= 4 is 32.4 Å². The first-order valence-electron chi connectivity index (χ1n) is 9.48. The van der Waals surface area contributed by atoms with Crippen LogP contribution in [0.2, 0.25) is 0 Å². The molecule has 3 rings (SSSR count). The lowest BCUT2D eigenvalue weighted by molar-refractivity contribution is -0.116. The van der Waals surface area contributed by atoms with Gasteiger partial charge in [0.05, 0.1) is 23.1 Å². The molecule has 9 nitrogen and oxygen atoms in total. The highest BCUT2D eigenvalue weighted by Crippen LogP contribution is 2.12. The van der Waals surface area contributed by atoms with Crippen molar-refractivity contribution < 1.29 is 13.2 Å². The number of carbonyl (C=O) groups excluding carboxylic acids is 1. The first-order valence-corrected chi connectivity index (χ1v) is 11.1. The summed E-state index contributed by atoms with van der Waals surface area (Å²) in [6.45, 7) is 3.63. The molecule has 0 spiro atoms.